The van der Waals surface area contributed by atoms with E-state index >= 15 is 0 Å². The molecule has 2 rings (SSSR count). The van der Waals surface area contributed by atoms with E-state index in [9.17, 15) is 4.79 Å². The fraction of sp³-hybridized carbons (Fsp3) is 0.308. The van der Waals surface area contributed by atoms with Gasteiger partial charge in [0.2, 0.25) is 0 Å². The minimum atomic E-state index is 0.221. The van der Waals surface area contributed by atoms with E-state index in [0.717, 1.165) is 22.3 Å². The molecule has 0 saturated carbocycles. The zero-order chi connectivity index (χ0) is 11.5. The molecule has 0 aliphatic rings. The van der Waals surface area contributed by atoms with E-state index in [1.165, 1.54) is 0 Å². The number of carbonyl (C=O) groups is 1. The average molecular weight is 218 g/mol. The lowest BCUT2D eigenvalue weighted by atomic mass is 10.1. The maximum absolute atomic E-state index is 11.4. The van der Waals surface area contributed by atoms with Gasteiger partial charge in [0.15, 0.2) is 0 Å². The van der Waals surface area contributed by atoms with E-state index in [1.807, 2.05) is 25.1 Å². The van der Waals surface area contributed by atoms with Gasteiger partial charge in [-0.2, -0.15) is 0 Å². The van der Waals surface area contributed by atoms with Crippen LogP contribution in [0.3, 0.4) is 0 Å². The number of ketones is 1. The Labute approximate surface area is 94.0 Å². The van der Waals surface area contributed by atoms with Crippen molar-refractivity contribution >= 4 is 16.8 Å². The van der Waals surface area contributed by atoms with Gasteiger partial charge in [-0.25, -0.2) is 0 Å². The highest BCUT2D eigenvalue weighted by molar-refractivity contribution is 5.89. The summed E-state index contributed by atoms with van der Waals surface area (Å²) in [5, 5.41) is 0.989. The predicted octanol–water partition coefficient (Wildman–Crippen LogP) is 2.96. The first-order valence-corrected chi connectivity index (χ1v) is 5.30. The van der Waals surface area contributed by atoms with Gasteiger partial charge in [0.25, 0.3) is 0 Å². The van der Waals surface area contributed by atoms with Crippen molar-refractivity contribution in [1.29, 1.82) is 0 Å². The lowest BCUT2D eigenvalue weighted by Gasteiger charge is -1.99. The van der Waals surface area contributed by atoms with Crippen LogP contribution in [0.2, 0.25) is 0 Å². The van der Waals surface area contributed by atoms with E-state index in [1.54, 1.807) is 13.4 Å². The first-order valence-electron chi connectivity index (χ1n) is 5.30. The molecule has 1 aromatic carbocycles. The Hall–Kier alpha value is -1.77. The summed E-state index contributed by atoms with van der Waals surface area (Å²) in [6.07, 6.45) is 2.65. The number of hydrogen-bond acceptors (Lipinski definition) is 3. The van der Waals surface area contributed by atoms with E-state index in [-0.39, 0.29) is 5.78 Å². The van der Waals surface area contributed by atoms with Crippen LogP contribution in [0.4, 0.5) is 0 Å². The molecule has 0 N–H and O–H groups in total. The van der Waals surface area contributed by atoms with Crippen molar-refractivity contribution < 1.29 is 13.9 Å². The summed E-state index contributed by atoms with van der Waals surface area (Å²) in [6, 6.07) is 5.63. The Bertz CT molecular complexity index is 511. The van der Waals surface area contributed by atoms with Gasteiger partial charge in [0, 0.05) is 29.9 Å². The predicted molar refractivity (Wildman–Crippen MR) is 61.8 cm³/mol. The zero-order valence-electron chi connectivity index (χ0n) is 9.45. The van der Waals surface area contributed by atoms with Crippen molar-refractivity contribution in [3.8, 4) is 5.75 Å². The molecule has 0 spiro atoms. The molecule has 0 aliphatic heterocycles. The molecule has 0 saturated heterocycles. The van der Waals surface area contributed by atoms with Crippen molar-refractivity contribution in [2.45, 2.75) is 19.8 Å². The minimum absolute atomic E-state index is 0.221. The SMILES string of the molecule is CCC(=O)Cc1coc2cc(OC)ccc12. The van der Waals surface area contributed by atoms with Crippen molar-refractivity contribution in [2.24, 2.45) is 0 Å². The van der Waals surface area contributed by atoms with Gasteiger partial charge in [-0.3, -0.25) is 4.79 Å². The topological polar surface area (TPSA) is 39.4 Å². The molecule has 1 heterocycles. The number of furan rings is 1. The van der Waals surface area contributed by atoms with Crippen LogP contribution in [0.15, 0.2) is 28.9 Å². The minimum Gasteiger partial charge on any atom is -0.497 e. The van der Waals surface area contributed by atoms with Crippen LogP contribution in [0, 0.1) is 0 Å². The summed E-state index contributed by atoms with van der Waals surface area (Å²) in [6.45, 7) is 1.87. The third kappa shape index (κ3) is 1.94. The van der Waals surface area contributed by atoms with Crippen LogP contribution in [0.5, 0.6) is 5.75 Å². The molecule has 0 aliphatic carbocycles. The third-order valence-electron chi connectivity index (χ3n) is 2.64. The Balaban J connectivity index is 2.37. The second-order valence-corrected chi connectivity index (χ2v) is 3.69. The van der Waals surface area contributed by atoms with Crippen LogP contribution in [-0.2, 0) is 11.2 Å². The third-order valence-corrected chi connectivity index (χ3v) is 2.64. The van der Waals surface area contributed by atoms with E-state index in [0.29, 0.717) is 12.8 Å². The highest BCUT2D eigenvalue weighted by Gasteiger charge is 2.09. The molecule has 2 aromatic rings. The van der Waals surface area contributed by atoms with Crippen molar-refractivity contribution in [3.63, 3.8) is 0 Å². The standard InChI is InChI=1S/C13H14O3/c1-3-10(14)6-9-8-16-13-7-11(15-2)4-5-12(9)13/h4-5,7-8H,3,6H2,1-2H3. The van der Waals surface area contributed by atoms with Crippen LogP contribution < -0.4 is 4.74 Å². The highest BCUT2D eigenvalue weighted by atomic mass is 16.5. The Morgan fingerprint density at radius 2 is 2.25 bits per heavy atom. The van der Waals surface area contributed by atoms with E-state index in [2.05, 4.69) is 0 Å². The molecule has 0 amide bonds. The van der Waals surface area contributed by atoms with Crippen LogP contribution in [-0.4, -0.2) is 12.9 Å². The van der Waals surface area contributed by atoms with E-state index in [4.69, 9.17) is 9.15 Å². The number of fused-ring (bicyclic) bond motifs is 1. The Kier molecular flexibility index (Phi) is 2.95. The van der Waals surface area contributed by atoms with Crippen molar-refractivity contribution in [2.75, 3.05) is 7.11 Å². The zero-order valence-corrected chi connectivity index (χ0v) is 9.45. The molecule has 84 valence electrons. The van der Waals surface area contributed by atoms with Crippen LogP contribution in [0.25, 0.3) is 11.0 Å². The smallest absolute Gasteiger partial charge is 0.137 e. The number of methoxy groups -OCH3 is 1. The van der Waals surface area contributed by atoms with Gasteiger partial charge < -0.3 is 9.15 Å². The van der Waals surface area contributed by atoms with Crippen LogP contribution >= 0.6 is 0 Å². The number of rotatable bonds is 4. The summed E-state index contributed by atoms with van der Waals surface area (Å²) < 4.78 is 10.5. The summed E-state index contributed by atoms with van der Waals surface area (Å²) in [7, 11) is 1.62. The number of benzene rings is 1. The van der Waals surface area contributed by atoms with Crippen molar-refractivity contribution in [3.05, 3.63) is 30.0 Å². The van der Waals surface area contributed by atoms with Gasteiger partial charge in [0.05, 0.1) is 13.4 Å². The summed E-state index contributed by atoms with van der Waals surface area (Å²) in [5.74, 6) is 0.980. The molecule has 0 bridgehead atoms. The Morgan fingerprint density at radius 1 is 1.44 bits per heavy atom. The van der Waals surface area contributed by atoms with Crippen LogP contribution in [0.1, 0.15) is 18.9 Å². The summed E-state index contributed by atoms with van der Waals surface area (Å²) in [4.78, 5) is 11.4. The first-order chi connectivity index (χ1) is 7.74. The van der Waals surface area contributed by atoms with Gasteiger partial charge in [-0.05, 0) is 12.1 Å². The highest BCUT2D eigenvalue weighted by Crippen LogP contribution is 2.26. The quantitative estimate of drug-likeness (QED) is 0.792. The number of ether oxygens (including phenoxy) is 1. The number of carbonyl (C=O) groups excluding carboxylic acids is 1. The second-order valence-electron chi connectivity index (χ2n) is 3.69. The van der Waals surface area contributed by atoms with Crippen molar-refractivity contribution in [1.82, 2.24) is 0 Å². The fourth-order valence-electron chi connectivity index (χ4n) is 1.66. The lowest BCUT2D eigenvalue weighted by Crippen LogP contribution is -1.99. The molecule has 16 heavy (non-hydrogen) atoms. The fourth-order valence-corrected chi connectivity index (χ4v) is 1.66. The second kappa shape index (κ2) is 4.39. The molecule has 3 heteroatoms. The van der Waals surface area contributed by atoms with Gasteiger partial charge in [-0.1, -0.05) is 6.92 Å². The average Bonchev–Trinajstić information content (AvgIpc) is 2.71. The largest absolute Gasteiger partial charge is 0.497 e. The summed E-state index contributed by atoms with van der Waals surface area (Å²) >= 11 is 0. The Morgan fingerprint density at radius 3 is 2.94 bits per heavy atom. The first kappa shape index (κ1) is 10.7. The monoisotopic (exact) mass is 218 g/mol. The maximum Gasteiger partial charge on any atom is 0.137 e. The summed E-state index contributed by atoms with van der Waals surface area (Å²) in [5.41, 5.74) is 1.71. The lowest BCUT2D eigenvalue weighted by molar-refractivity contribution is -0.118. The van der Waals surface area contributed by atoms with Gasteiger partial charge in [0.1, 0.15) is 17.1 Å². The van der Waals surface area contributed by atoms with Gasteiger partial charge in [-0.15, -0.1) is 0 Å². The molecule has 0 atom stereocenters. The molecule has 3 nitrogen and oxygen atoms in total. The molecule has 0 fully saturated rings. The van der Waals surface area contributed by atoms with E-state index < -0.39 is 0 Å². The number of hydrogen-bond donors (Lipinski definition) is 0. The van der Waals surface area contributed by atoms with Gasteiger partial charge >= 0.3 is 0 Å². The number of Topliss-reactive ketones (excluding diaryl/α,β-unsaturated/α-hetero) is 1. The molecular formula is C13H14O3. The molecular weight excluding hydrogens is 204 g/mol. The molecule has 0 unspecified atom stereocenters. The maximum atomic E-state index is 11.4. The molecule has 0 radical (unpaired) electrons. The molecule has 1 aromatic heterocycles. The normalized spacial score (nSPS) is 10.6.